The molecule has 0 aliphatic rings. The number of ether oxygens (including phenoxy) is 1. The Balaban J connectivity index is 2.26. The number of nitrogens with one attached hydrogen (secondary N) is 1. The van der Waals surface area contributed by atoms with Crippen molar-refractivity contribution in [1.82, 2.24) is 4.98 Å². The van der Waals surface area contributed by atoms with Gasteiger partial charge < -0.3 is 4.74 Å². The van der Waals surface area contributed by atoms with E-state index in [0.29, 0.717) is 0 Å². The van der Waals surface area contributed by atoms with Crippen LogP contribution in [0.4, 0.5) is 9.80 Å². The van der Waals surface area contributed by atoms with Crippen LogP contribution in [0.1, 0.15) is 26.5 Å². The number of amides is 1. The van der Waals surface area contributed by atoms with Gasteiger partial charge in [0.1, 0.15) is 18.3 Å². The van der Waals surface area contributed by atoms with Crippen molar-refractivity contribution in [2.24, 2.45) is 0 Å². The van der Waals surface area contributed by atoms with Crippen LogP contribution in [0.5, 0.6) is 0 Å². The molecule has 0 spiro atoms. The largest absolute Gasteiger partial charge is 0.444 e. The van der Waals surface area contributed by atoms with Crippen molar-refractivity contribution in [3.63, 3.8) is 0 Å². The highest BCUT2D eigenvalue weighted by Crippen LogP contribution is 2.25. The number of carbonyl (C=O) groups excluding carboxylic acids is 1. The molecule has 2 aromatic heterocycles. The van der Waals surface area contributed by atoms with Crippen molar-refractivity contribution in [2.45, 2.75) is 33.3 Å². The molecule has 100 valence electrons. The van der Waals surface area contributed by atoms with Crippen molar-refractivity contribution in [3.8, 4) is 0 Å². The minimum Gasteiger partial charge on any atom is -0.444 e. The number of hydrogen-bond donors (Lipinski definition) is 1. The molecule has 0 radical (unpaired) electrons. The average Bonchev–Trinajstić information content (AvgIpc) is 2.52. The second-order valence-corrected chi connectivity index (χ2v) is 6.49. The highest BCUT2D eigenvalue weighted by atomic mass is 32.1. The van der Waals surface area contributed by atoms with Crippen molar-refractivity contribution >= 4 is 46.0 Å². The van der Waals surface area contributed by atoms with Crippen molar-refractivity contribution < 1.29 is 9.53 Å². The van der Waals surface area contributed by atoms with Crippen LogP contribution in [0.2, 0.25) is 0 Å². The highest BCUT2D eigenvalue weighted by Gasteiger charge is 2.18. The fourth-order valence-corrected chi connectivity index (χ4v) is 2.82. The number of carbonyl (C=O) groups is 1. The van der Waals surface area contributed by atoms with Gasteiger partial charge in [0.05, 0.1) is 5.00 Å². The Morgan fingerprint density at radius 3 is 2.74 bits per heavy atom. The van der Waals surface area contributed by atoms with Crippen molar-refractivity contribution in [1.29, 1.82) is 0 Å². The van der Waals surface area contributed by atoms with E-state index in [4.69, 9.17) is 4.74 Å². The van der Waals surface area contributed by atoms with Crippen LogP contribution in [-0.4, -0.2) is 24.5 Å². The summed E-state index contributed by atoms with van der Waals surface area (Å²) in [6.45, 7) is 7.48. The third-order valence-electron chi connectivity index (χ3n) is 2.56. The Hall–Kier alpha value is -1.56. The van der Waals surface area contributed by atoms with Gasteiger partial charge in [-0.3, -0.25) is 5.32 Å². The van der Waals surface area contributed by atoms with Crippen LogP contribution in [-0.2, 0) is 4.74 Å². The molecule has 0 aromatic carbocycles. The Morgan fingerprint density at radius 2 is 2.11 bits per heavy atom. The Morgan fingerprint density at radius 1 is 1.42 bits per heavy atom. The van der Waals surface area contributed by atoms with Gasteiger partial charge in [0.2, 0.25) is 0 Å². The molecule has 19 heavy (non-hydrogen) atoms. The molecule has 2 heterocycles. The molecule has 0 atom stereocenters. The summed E-state index contributed by atoms with van der Waals surface area (Å²) in [7, 11) is 1.97. The van der Waals surface area contributed by atoms with Crippen molar-refractivity contribution in [3.05, 3.63) is 17.8 Å². The number of thiophene rings is 1. The molecule has 0 saturated heterocycles. The van der Waals surface area contributed by atoms with Gasteiger partial charge in [-0.15, -0.1) is 0 Å². The summed E-state index contributed by atoms with van der Waals surface area (Å²) in [5.41, 5.74) is 1.50. The van der Waals surface area contributed by atoms with Crippen LogP contribution in [0.25, 0.3) is 10.2 Å². The van der Waals surface area contributed by atoms with E-state index >= 15 is 0 Å². The molecule has 6 heteroatoms. The van der Waals surface area contributed by atoms with Gasteiger partial charge in [-0.25, -0.2) is 9.78 Å². The Kier molecular flexibility index (Phi) is 3.54. The fraction of sp³-hybridized carbons (Fsp3) is 0.385. The lowest BCUT2D eigenvalue weighted by Gasteiger charge is -2.19. The predicted octanol–water partition coefficient (Wildman–Crippen LogP) is 2.21. The van der Waals surface area contributed by atoms with E-state index in [9.17, 15) is 4.79 Å². The molecular formula is C13H17BN2O2S. The van der Waals surface area contributed by atoms with Gasteiger partial charge in [-0.05, 0) is 39.2 Å². The lowest BCUT2D eigenvalue weighted by molar-refractivity contribution is 0.0636. The number of fused-ring (bicyclic) bond motifs is 1. The summed E-state index contributed by atoms with van der Waals surface area (Å²) in [4.78, 5) is 17.2. The molecule has 0 fully saturated rings. The van der Waals surface area contributed by atoms with Gasteiger partial charge in [0.15, 0.2) is 0 Å². The molecule has 0 aliphatic heterocycles. The first-order chi connectivity index (χ1) is 8.76. The van der Waals surface area contributed by atoms with Gasteiger partial charge in [-0.1, -0.05) is 17.4 Å². The number of aromatic nitrogens is 1. The van der Waals surface area contributed by atoms with Crippen molar-refractivity contribution in [2.75, 3.05) is 5.32 Å². The standard InChI is InChI=1S/C13H17BN2O2S/c1-7-5-6-8-9(14)11(19-10(8)15-7)16-12(17)18-13(2,3)4/h5-6H,14H2,1-4H3,(H,16,17). The number of nitrogens with zero attached hydrogens (tertiary/aromatic N) is 1. The third kappa shape index (κ3) is 3.26. The number of pyridine rings is 1. The van der Waals surface area contributed by atoms with Gasteiger partial charge >= 0.3 is 6.09 Å². The Labute approximate surface area is 117 Å². The maximum absolute atomic E-state index is 11.8. The molecule has 2 rings (SSSR count). The topological polar surface area (TPSA) is 51.2 Å². The minimum absolute atomic E-state index is 0.432. The monoisotopic (exact) mass is 276 g/mol. The molecule has 1 N–H and O–H groups in total. The van der Waals surface area contributed by atoms with Crippen LogP contribution in [0, 0.1) is 6.92 Å². The second kappa shape index (κ2) is 4.85. The summed E-state index contributed by atoms with van der Waals surface area (Å²) in [5.74, 6) is 0. The Bertz CT molecular complexity index is 631. The minimum atomic E-state index is -0.497. The van der Waals surface area contributed by atoms with E-state index < -0.39 is 11.7 Å². The quantitative estimate of drug-likeness (QED) is 0.812. The maximum atomic E-state index is 11.8. The number of rotatable bonds is 1. The first-order valence-corrected chi connectivity index (χ1v) is 6.95. The van der Waals surface area contributed by atoms with E-state index in [-0.39, 0.29) is 0 Å². The molecule has 2 aromatic rings. The summed E-state index contributed by atoms with van der Waals surface area (Å²) in [5, 5.41) is 4.66. The lowest BCUT2D eigenvalue weighted by Crippen LogP contribution is -2.28. The SMILES string of the molecule is Bc1c(NC(=O)OC(C)(C)C)sc2nc(C)ccc12. The van der Waals surface area contributed by atoms with E-state index in [1.54, 1.807) is 0 Å². The molecule has 0 bridgehead atoms. The average molecular weight is 276 g/mol. The summed E-state index contributed by atoms with van der Waals surface area (Å²) in [6.07, 6.45) is -0.432. The van der Waals surface area contributed by atoms with E-state index in [2.05, 4.69) is 10.3 Å². The number of anilines is 1. The fourth-order valence-electron chi connectivity index (χ4n) is 1.71. The molecule has 4 nitrogen and oxygen atoms in total. The summed E-state index contributed by atoms with van der Waals surface area (Å²) in [6, 6.07) is 4.00. The van der Waals surface area contributed by atoms with E-state index in [0.717, 1.165) is 26.4 Å². The van der Waals surface area contributed by atoms with Crippen LogP contribution >= 0.6 is 11.3 Å². The third-order valence-corrected chi connectivity index (χ3v) is 3.67. The zero-order chi connectivity index (χ0) is 14.2. The smallest absolute Gasteiger partial charge is 0.412 e. The second-order valence-electron chi connectivity index (χ2n) is 5.49. The van der Waals surface area contributed by atoms with Crippen LogP contribution < -0.4 is 10.8 Å². The van der Waals surface area contributed by atoms with E-state index in [1.165, 1.54) is 11.3 Å². The number of hydrogen-bond acceptors (Lipinski definition) is 4. The zero-order valence-electron chi connectivity index (χ0n) is 11.8. The van der Waals surface area contributed by atoms with Crippen LogP contribution in [0.15, 0.2) is 12.1 Å². The normalized spacial score (nSPS) is 11.6. The van der Waals surface area contributed by atoms with Gasteiger partial charge in [-0.2, -0.15) is 0 Å². The van der Waals surface area contributed by atoms with Crippen LogP contribution in [0.3, 0.4) is 0 Å². The summed E-state index contributed by atoms with van der Waals surface area (Å²) < 4.78 is 5.25. The van der Waals surface area contributed by atoms with Gasteiger partial charge in [0, 0.05) is 11.1 Å². The lowest BCUT2D eigenvalue weighted by atomic mass is 9.95. The van der Waals surface area contributed by atoms with Gasteiger partial charge in [0.25, 0.3) is 0 Å². The highest BCUT2D eigenvalue weighted by molar-refractivity contribution is 7.24. The number of aryl methyl sites for hydroxylation is 1. The predicted molar refractivity (Wildman–Crippen MR) is 82.4 cm³/mol. The molecular weight excluding hydrogens is 259 g/mol. The molecule has 0 aliphatic carbocycles. The zero-order valence-corrected chi connectivity index (χ0v) is 12.6. The first kappa shape index (κ1) is 13.9. The summed E-state index contributed by atoms with van der Waals surface area (Å²) >= 11 is 1.47. The molecule has 0 saturated carbocycles. The molecule has 1 amide bonds. The van der Waals surface area contributed by atoms with E-state index in [1.807, 2.05) is 47.7 Å². The first-order valence-electron chi connectivity index (χ1n) is 6.13. The molecule has 0 unspecified atom stereocenters. The maximum Gasteiger partial charge on any atom is 0.412 e.